The van der Waals surface area contributed by atoms with Crippen molar-refractivity contribution >= 4 is 29.2 Å². The third kappa shape index (κ3) is 2.81. The van der Waals surface area contributed by atoms with Gasteiger partial charge in [0.15, 0.2) is 0 Å². The fourth-order valence-electron chi connectivity index (χ4n) is 2.25. The summed E-state index contributed by atoms with van der Waals surface area (Å²) in [5, 5.41) is 29.0. The molecule has 2 rings (SSSR count). The Hall–Kier alpha value is -2.19. The standard InChI is InChI=1S/C12H11ClN2O6/c13-10-7(2-1-3-8(10)15(20)21)11(17)14-5-6(16)4-9(14)12(18)19/h1-3,6,9,16H,4-5H2,(H,18,19)/t6-,9+/m1/s1. The first kappa shape index (κ1) is 15.2. The molecule has 0 unspecified atom stereocenters. The van der Waals surface area contributed by atoms with Gasteiger partial charge in [0.2, 0.25) is 0 Å². The smallest absolute Gasteiger partial charge is 0.326 e. The predicted octanol–water partition coefficient (Wildman–Crippen LogP) is 0.908. The van der Waals surface area contributed by atoms with Crippen LogP contribution < -0.4 is 0 Å². The number of aliphatic hydroxyl groups is 1. The van der Waals surface area contributed by atoms with Crippen LogP contribution in [0, 0.1) is 10.1 Å². The Kier molecular flexibility index (Phi) is 4.10. The lowest BCUT2D eigenvalue weighted by Gasteiger charge is -2.21. The largest absolute Gasteiger partial charge is 0.480 e. The van der Waals surface area contributed by atoms with E-state index in [0.29, 0.717) is 0 Å². The normalized spacial score (nSPS) is 21.3. The maximum atomic E-state index is 12.3. The molecule has 0 bridgehead atoms. The predicted molar refractivity (Wildman–Crippen MR) is 71.2 cm³/mol. The zero-order chi connectivity index (χ0) is 15.7. The van der Waals surface area contributed by atoms with Crippen LogP contribution in [-0.2, 0) is 4.79 Å². The van der Waals surface area contributed by atoms with Gasteiger partial charge >= 0.3 is 5.97 Å². The first-order valence-corrected chi connectivity index (χ1v) is 6.35. The number of carboxylic acid groups (broad SMARTS) is 1. The lowest BCUT2D eigenvalue weighted by Crippen LogP contribution is -2.40. The van der Waals surface area contributed by atoms with E-state index in [-0.39, 0.29) is 23.6 Å². The van der Waals surface area contributed by atoms with Gasteiger partial charge in [-0.3, -0.25) is 14.9 Å². The van der Waals surface area contributed by atoms with Gasteiger partial charge in [-0.1, -0.05) is 17.7 Å². The Morgan fingerprint density at radius 2 is 2.10 bits per heavy atom. The highest BCUT2D eigenvalue weighted by molar-refractivity contribution is 6.35. The van der Waals surface area contributed by atoms with Crippen LogP contribution in [0.15, 0.2) is 18.2 Å². The van der Waals surface area contributed by atoms with Gasteiger partial charge in [-0.25, -0.2) is 4.79 Å². The third-order valence-corrected chi connectivity index (χ3v) is 3.63. The van der Waals surface area contributed by atoms with Crippen LogP contribution in [-0.4, -0.2) is 50.6 Å². The maximum Gasteiger partial charge on any atom is 0.326 e. The minimum atomic E-state index is -1.25. The molecule has 1 fully saturated rings. The van der Waals surface area contributed by atoms with Crippen LogP contribution in [0.25, 0.3) is 0 Å². The minimum absolute atomic E-state index is 0.0897. The summed E-state index contributed by atoms with van der Waals surface area (Å²) in [4.78, 5) is 34.5. The SMILES string of the molecule is O=C(O)[C@@H]1C[C@@H](O)CN1C(=O)c1cccc([N+](=O)[O-])c1Cl. The van der Waals surface area contributed by atoms with Crippen molar-refractivity contribution in [2.75, 3.05) is 6.54 Å². The average molecular weight is 315 g/mol. The molecule has 8 nitrogen and oxygen atoms in total. The van der Waals surface area contributed by atoms with Crippen molar-refractivity contribution in [3.8, 4) is 0 Å². The van der Waals surface area contributed by atoms with Gasteiger partial charge in [-0.2, -0.15) is 0 Å². The molecular weight excluding hydrogens is 304 g/mol. The monoisotopic (exact) mass is 314 g/mol. The van der Waals surface area contributed by atoms with E-state index < -0.39 is 34.6 Å². The number of hydrogen-bond acceptors (Lipinski definition) is 5. The van der Waals surface area contributed by atoms with Crippen LogP contribution in [0.3, 0.4) is 0 Å². The average Bonchev–Trinajstić information content (AvgIpc) is 2.80. The number of carbonyl (C=O) groups is 2. The van der Waals surface area contributed by atoms with E-state index in [9.17, 15) is 24.8 Å². The highest BCUT2D eigenvalue weighted by Gasteiger charge is 2.40. The fraction of sp³-hybridized carbons (Fsp3) is 0.333. The Labute approximate surface area is 123 Å². The Morgan fingerprint density at radius 1 is 1.43 bits per heavy atom. The topological polar surface area (TPSA) is 121 Å². The summed E-state index contributed by atoms with van der Waals surface area (Å²) in [5.41, 5.74) is -0.597. The second-order valence-corrected chi connectivity index (χ2v) is 4.97. The number of aliphatic hydroxyl groups excluding tert-OH is 1. The molecule has 2 atom stereocenters. The number of nitro benzene ring substituents is 1. The van der Waals surface area contributed by atoms with Crippen LogP contribution in [0.1, 0.15) is 16.8 Å². The van der Waals surface area contributed by atoms with E-state index in [1.165, 1.54) is 12.1 Å². The molecule has 1 saturated heterocycles. The summed E-state index contributed by atoms with van der Waals surface area (Å²) < 4.78 is 0. The molecule has 0 radical (unpaired) electrons. The molecule has 1 heterocycles. The molecule has 0 spiro atoms. The second kappa shape index (κ2) is 5.66. The van der Waals surface area contributed by atoms with Gasteiger partial charge in [0.1, 0.15) is 11.1 Å². The number of carboxylic acids is 1. The second-order valence-electron chi connectivity index (χ2n) is 4.60. The third-order valence-electron chi connectivity index (χ3n) is 3.23. The number of aliphatic carboxylic acids is 1. The van der Waals surface area contributed by atoms with Crippen LogP contribution in [0.2, 0.25) is 5.02 Å². The molecule has 1 aromatic rings. The summed E-state index contributed by atoms with van der Waals surface area (Å²) in [7, 11) is 0. The molecule has 0 aliphatic carbocycles. The van der Waals surface area contributed by atoms with Crippen LogP contribution >= 0.6 is 11.6 Å². The summed E-state index contributed by atoms with van der Waals surface area (Å²) in [6.07, 6.45) is -1.04. The van der Waals surface area contributed by atoms with Gasteiger partial charge in [0, 0.05) is 19.0 Å². The maximum absolute atomic E-state index is 12.3. The zero-order valence-corrected chi connectivity index (χ0v) is 11.4. The van der Waals surface area contributed by atoms with Crippen molar-refractivity contribution in [2.45, 2.75) is 18.6 Å². The number of nitrogens with zero attached hydrogens (tertiary/aromatic N) is 2. The summed E-state index contributed by atoms with van der Waals surface area (Å²) in [6.45, 7) is -0.158. The Morgan fingerprint density at radius 3 is 2.67 bits per heavy atom. The first-order chi connectivity index (χ1) is 9.82. The van der Waals surface area contributed by atoms with Gasteiger partial charge in [-0.15, -0.1) is 0 Å². The highest BCUT2D eigenvalue weighted by atomic mass is 35.5. The highest BCUT2D eigenvalue weighted by Crippen LogP contribution is 2.30. The molecule has 0 aromatic heterocycles. The number of β-amino-alcohol motifs (C(OH)–C–C–N with tert-alkyl or cyclic N) is 1. The van der Waals surface area contributed by atoms with Crippen molar-refractivity contribution in [1.29, 1.82) is 0 Å². The van der Waals surface area contributed by atoms with Gasteiger partial charge in [-0.05, 0) is 6.07 Å². The molecule has 1 aliphatic rings. The molecule has 1 aliphatic heterocycles. The van der Waals surface area contributed by atoms with Crippen molar-refractivity contribution in [3.05, 3.63) is 38.9 Å². The lowest BCUT2D eigenvalue weighted by molar-refractivity contribution is -0.384. The van der Waals surface area contributed by atoms with Crippen molar-refractivity contribution in [3.63, 3.8) is 0 Å². The van der Waals surface area contributed by atoms with E-state index >= 15 is 0 Å². The number of rotatable bonds is 3. The lowest BCUT2D eigenvalue weighted by atomic mass is 10.1. The fourth-order valence-corrected chi connectivity index (χ4v) is 2.53. The molecular formula is C12H11ClN2O6. The Bertz CT molecular complexity index is 620. The van der Waals surface area contributed by atoms with Gasteiger partial charge in [0.25, 0.3) is 11.6 Å². The van der Waals surface area contributed by atoms with Crippen molar-refractivity contribution < 1.29 is 24.7 Å². The van der Waals surface area contributed by atoms with E-state index in [4.69, 9.17) is 16.7 Å². The molecule has 2 N–H and O–H groups in total. The van der Waals surface area contributed by atoms with Gasteiger partial charge < -0.3 is 15.1 Å². The minimum Gasteiger partial charge on any atom is -0.480 e. The van der Waals surface area contributed by atoms with E-state index in [1.54, 1.807) is 0 Å². The molecule has 112 valence electrons. The van der Waals surface area contributed by atoms with E-state index in [0.717, 1.165) is 11.0 Å². The zero-order valence-electron chi connectivity index (χ0n) is 10.6. The summed E-state index contributed by atoms with van der Waals surface area (Å²) >= 11 is 5.84. The summed E-state index contributed by atoms with van der Waals surface area (Å²) in [5.74, 6) is -2.01. The first-order valence-electron chi connectivity index (χ1n) is 5.97. The number of amides is 1. The van der Waals surface area contributed by atoms with E-state index in [2.05, 4.69) is 0 Å². The quantitative estimate of drug-likeness (QED) is 0.631. The van der Waals surface area contributed by atoms with Crippen molar-refractivity contribution in [1.82, 2.24) is 4.90 Å². The molecule has 9 heteroatoms. The number of halogens is 1. The molecule has 1 amide bonds. The van der Waals surface area contributed by atoms with E-state index in [1.807, 2.05) is 0 Å². The summed E-state index contributed by atoms with van der Waals surface area (Å²) in [6, 6.07) is 2.54. The number of nitro groups is 1. The van der Waals surface area contributed by atoms with Crippen LogP contribution in [0.4, 0.5) is 5.69 Å². The molecule has 1 aromatic carbocycles. The number of benzene rings is 1. The number of carbonyl (C=O) groups excluding carboxylic acids is 1. The van der Waals surface area contributed by atoms with Crippen LogP contribution in [0.5, 0.6) is 0 Å². The molecule has 0 saturated carbocycles. The Balaban J connectivity index is 2.38. The number of likely N-dealkylation sites (tertiary alicyclic amines) is 1. The van der Waals surface area contributed by atoms with Crippen molar-refractivity contribution in [2.24, 2.45) is 0 Å². The van der Waals surface area contributed by atoms with Gasteiger partial charge in [0.05, 0.1) is 16.6 Å². The molecule has 21 heavy (non-hydrogen) atoms. The number of hydrogen-bond donors (Lipinski definition) is 2.